The van der Waals surface area contributed by atoms with Crippen LogP contribution in [0.2, 0.25) is 0 Å². The van der Waals surface area contributed by atoms with Gasteiger partial charge < -0.3 is 21.3 Å². The van der Waals surface area contributed by atoms with Gasteiger partial charge in [0, 0.05) is 59.6 Å². The molecule has 0 unspecified atom stereocenters. The van der Waals surface area contributed by atoms with Crippen molar-refractivity contribution in [3.05, 3.63) is 204 Å². The second kappa shape index (κ2) is 20.7. The number of carbonyl (C=O) groups is 2. The van der Waals surface area contributed by atoms with Crippen molar-refractivity contribution in [1.82, 2.24) is 10.6 Å². The van der Waals surface area contributed by atoms with Gasteiger partial charge in [0.1, 0.15) is 0 Å². The van der Waals surface area contributed by atoms with Gasteiger partial charge in [-0.25, -0.2) is 9.59 Å². The molecule has 0 aromatic heterocycles. The fourth-order valence-electron chi connectivity index (χ4n) is 5.43. The van der Waals surface area contributed by atoms with Crippen molar-refractivity contribution in [3.63, 3.8) is 0 Å². The number of hydrogen-bond donors (Lipinski definition) is 4. The number of non-ortho nitro benzene ring substituents is 2. The number of carbonyl (C=O) groups excluding carboxylic acids is 2. The number of nitrogens with zero attached hydrogens (tertiary/aromatic N) is 2. The molecule has 53 heavy (non-hydrogen) atoms. The molecule has 4 amide bonds. The third-order valence-corrected chi connectivity index (χ3v) is 8.03. The maximum atomic E-state index is 12.4. The number of benzene rings is 4. The molecule has 2 atom stereocenters. The van der Waals surface area contributed by atoms with Crippen LogP contribution in [0, 0.1) is 83.4 Å². The van der Waals surface area contributed by atoms with E-state index in [0.29, 0.717) is 24.2 Å². The van der Waals surface area contributed by atoms with E-state index in [1.807, 2.05) is 112 Å². The summed E-state index contributed by atoms with van der Waals surface area (Å²) in [7, 11) is 0. The summed E-state index contributed by atoms with van der Waals surface area (Å²) in [4.78, 5) is 45.2. The Morgan fingerprint density at radius 3 is 1.13 bits per heavy atom. The summed E-state index contributed by atoms with van der Waals surface area (Å²) in [5, 5.41) is 32.7. The van der Waals surface area contributed by atoms with Crippen molar-refractivity contribution >= 4 is 34.8 Å². The van der Waals surface area contributed by atoms with Crippen LogP contribution in [0.4, 0.5) is 32.3 Å². The second-order valence-corrected chi connectivity index (χ2v) is 11.7. The molecule has 13 heteroatoms. The first-order valence-electron chi connectivity index (χ1n) is 16.4. The smallest absolute Gasteiger partial charge is 0.334 e. The zero-order valence-corrected chi connectivity index (χ0v) is 29.4. The Bertz CT molecular complexity index is 1620. The SMILES string of the molecule is O=C(Nc1ccc([N+](=O)[O-])cc1)N[C@H](Cc1ccccc1)[C]1[CH][CH][CH][CH]1.O=C(Nc1ccc([N+](=O)[O-])cc1)N[C@H](Cc1ccccc1)[C]1[CH][CH][CH][CH]1.[Fe+2]. The minimum absolute atomic E-state index is 0. The number of nitro groups is 2. The Kier molecular flexibility index (Phi) is 15.8. The molecule has 0 heterocycles. The second-order valence-electron chi connectivity index (χ2n) is 11.7. The van der Waals surface area contributed by atoms with Crippen LogP contribution in [-0.2, 0) is 29.9 Å². The van der Waals surface area contributed by atoms with Crippen LogP contribution >= 0.6 is 0 Å². The molecule has 268 valence electrons. The van der Waals surface area contributed by atoms with Gasteiger partial charge in [0.15, 0.2) is 0 Å². The summed E-state index contributed by atoms with van der Waals surface area (Å²) in [5.41, 5.74) is 3.19. The van der Waals surface area contributed by atoms with Gasteiger partial charge in [0.05, 0.1) is 9.85 Å². The van der Waals surface area contributed by atoms with Gasteiger partial charge in [0.25, 0.3) is 11.4 Å². The average Bonchev–Trinajstić information content (AvgIpc) is 3.89. The monoisotopic (exact) mass is 752 g/mol. The van der Waals surface area contributed by atoms with E-state index >= 15 is 0 Å². The van der Waals surface area contributed by atoms with Crippen molar-refractivity contribution in [3.8, 4) is 0 Å². The van der Waals surface area contributed by atoms with Crippen LogP contribution in [0.3, 0.4) is 0 Å². The van der Waals surface area contributed by atoms with E-state index in [4.69, 9.17) is 0 Å². The van der Waals surface area contributed by atoms with E-state index in [1.165, 1.54) is 48.5 Å². The van der Waals surface area contributed by atoms with Gasteiger partial charge in [-0.2, -0.15) is 0 Å². The molecule has 2 aliphatic rings. The molecule has 2 aliphatic carbocycles. The first-order valence-corrected chi connectivity index (χ1v) is 16.4. The topological polar surface area (TPSA) is 169 Å². The fraction of sp³-hybridized carbons (Fsp3) is 0.100. The van der Waals surface area contributed by atoms with Gasteiger partial charge >= 0.3 is 29.1 Å². The van der Waals surface area contributed by atoms with Crippen LogP contribution in [0.25, 0.3) is 0 Å². The van der Waals surface area contributed by atoms with Gasteiger partial charge in [-0.1, -0.05) is 60.7 Å². The number of urea groups is 2. The van der Waals surface area contributed by atoms with E-state index in [1.54, 1.807) is 0 Å². The predicted molar refractivity (Wildman–Crippen MR) is 199 cm³/mol. The van der Waals surface area contributed by atoms with Crippen molar-refractivity contribution < 1.29 is 36.5 Å². The van der Waals surface area contributed by atoms with Crippen molar-refractivity contribution in [2.24, 2.45) is 0 Å². The summed E-state index contributed by atoms with van der Waals surface area (Å²) < 4.78 is 0. The van der Waals surface area contributed by atoms with Gasteiger partial charge in [-0.3, -0.25) is 20.2 Å². The molecule has 4 aromatic carbocycles. The minimum Gasteiger partial charge on any atom is -0.334 e. The van der Waals surface area contributed by atoms with Crippen LogP contribution in [-0.4, -0.2) is 34.0 Å². The molecule has 12 nitrogen and oxygen atoms in total. The molecule has 0 spiro atoms. The van der Waals surface area contributed by atoms with Crippen molar-refractivity contribution in [2.75, 3.05) is 10.6 Å². The normalized spacial score (nSPS) is 15.1. The van der Waals surface area contributed by atoms with E-state index in [2.05, 4.69) is 21.3 Å². The van der Waals surface area contributed by atoms with Gasteiger partial charge in [-0.05, 0) is 99.6 Å². The van der Waals surface area contributed by atoms with E-state index in [9.17, 15) is 29.8 Å². The Hall–Kier alpha value is -5.26. The van der Waals surface area contributed by atoms with E-state index in [-0.39, 0.29) is 52.6 Å². The summed E-state index contributed by atoms with van der Waals surface area (Å²) in [6.07, 6.45) is 17.0. The first-order chi connectivity index (χ1) is 25.2. The standard InChI is InChI=1S/2C20H18N3O3.Fe/c2*24-20(21-17-10-12-18(13-11-17)23(25)26)22-19(16-8-4-5-9-16)14-15-6-2-1-3-7-15;/h2*1-13,19H,14H2,(H2,21,22,24);/q;;+2/t2*19-;/m11./s1. The molecule has 0 saturated heterocycles. The Morgan fingerprint density at radius 1 is 0.509 bits per heavy atom. The molecule has 2 fully saturated rings. The Balaban J connectivity index is 0.000000232. The third kappa shape index (κ3) is 13.0. The maximum Gasteiger partial charge on any atom is 2.00 e. The summed E-state index contributed by atoms with van der Waals surface area (Å²) in [6.45, 7) is 0. The number of rotatable bonds is 12. The predicted octanol–water partition coefficient (Wildman–Crippen LogP) is 7.46. The fourth-order valence-corrected chi connectivity index (χ4v) is 5.43. The molecule has 6 rings (SSSR count). The van der Waals surface area contributed by atoms with E-state index < -0.39 is 9.85 Å². The first kappa shape index (κ1) is 40.5. The van der Waals surface area contributed by atoms with Crippen LogP contribution in [0.15, 0.2) is 109 Å². The van der Waals surface area contributed by atoms with E-state index in [0.717, 1.165) is 23.0 Å². The molecular formula is C40H36FeN6O6+2. The number of nitrogens with one attached hydrogen (secondary N) is 4. The number of amides is 4. The largest absolute Gasteiger partial charge is 2.00 e. The number of hydrogen-bond acceptors (Lipinski definition) is 6. The van der Waals surface area contributed by atoms with Gasteiger partial charge in [-0.15, -0.1) is 0 Å². The summed E-state index contributed by atoms with van der Waals surface area (Å²) in [5.74, 6) is 2.04. The van der Waals surface area contributed by atoms with Crippen LogP contribution < -0.4 is 21.3 Å². The molecule has 0 bridgehead atoms. The van der Waals surface area contributed by atoms with Crippen LogP contribution in [0.1, 0.15) is 11.1 Å². The minimum atomic E-state index is -0.477. The quantitative estimate of drug-likeness (QED) is 0.0666. The molecular weight excluding hydrogens is 716 g/mol. The molecule has 10 radical (unpaired) electrons. The maximum absolute atomic E-state index is 12.4. The molecule has 4 aromatic rings. The number of nitro benzene ring substituents is 2. The van der Waals surface area contributed by atoms with Gasteiger partial charge in [0.2, 0.25) is 0 Å². The zero-order chi connectivity index (χ0) is 36.7. The van der Waals surface area contributed by atoms with Crippen LogP contribution in [0.5, 0.6) is 0 Å². The number of anilines is 2. The molecule has 2 saturated carbocycles. The molecule has 4 N–H and O–H groups in total. The Labute approximate surface area is 320 Å². The van der Waals surface area contributed by atoms with Crippen molar-refractivity contribution in [1.29, 1.82) is 0 Å². The molecule has 0 aliphatic heterocycles. The average molecular weight is 753 g/mol. The zero-order valence-electron chi connectivity index (χ0n) is 28.3. The van der Waals surface area contributed by atoms with Crippen molar-refractivity contribution in [2.45, 2.75) is 24.9 Å². The Morgan fingerprint density at radius 2 is 0.830 bits per heavy atom. The summed E-state index contributed by atoms with van der Waals surface area (Å²) in [6, 6.07) is 30.2. The summed E-state index contributed by atoms with van der Waals surface area (Å²) >= 11 is 0. The third-order valence-electron chi connectivity index (χ3n) is 8.03.